The number of benzene rings is 1. The third kappa shape index (κ3) is 1.39. The smallest absolute Gasteiger partial charge is 0.163 e. The van der Waals surface area contributed by atoms with Crippen LogP contribution in [0.2, 0.25) is 0 Å². The molecule has 3 rings (SSSR count). The van der Waals surface area contributed by atoms with Crippen molar-refractivity contribution >= 4 is 5.78 Å². The lowest BCUT2D eigenvalue weighted by Crippen LogP contribution is -2.18. The van der Waals surface area contributed by atoms with Gasteiger partial charge in [0.15, 0.2) is 17.3 Å². The van der Waals surface area contributed by atoms with E-state index in [2.05, 4.69) is 6.92 Å². The molecule has 1 N–H and O–H groups in total. The van der Waals surface area contributed by atoms with Crippen LogP contribution in [-0.2, 0) is 11.8 Å². The summed E-state index contributed by atoms with van der Waals surface area (Å²) in [4.78, 5) is 12.2. The monoisotopic (exact) mass is 246 g/mol. The van der Waals surface area contributed by atoms with E-state index in [0.29, 0.717) is 12.2 Å². The summed E-state index contributed by atoms with van der Waals surface area (Å²) in [5.74, 6) is 0.855. The molecule has 0 saturated carbocycles. The maximum Gasteiger partial charge on any atom is 0.163 e. The van der Waals surface area contributed by atoms with E-state index < -0.39 is 0 Å². The number of ether oxygens (including phenoxy) is 1. The van der Waals surface area contributed by atoms with Gasteiger partial charge in [-0.3, -0.25) is 4.79 Å². The number of aromatic hydroxyl groups is 1. The molecule has 0 saturated heterocycles. The van der Waals surface area contributed by atoms with Gasteiger partial charge in [0.05, 0.1) is 7.11 Å². The van der Waals surface area contributed by atoms with Crippen molar-refractivity contribution in [3.8, 4) is 11.5 Å². The highest BCUT2D eigenvalue weighted by atomic mass is 16.5. The van der Waals surface area contributed by atoms with Gasteiger partial charge in [-0.25, -0.2) is 0 Å². The average molecular weight is 246 g/mol. The van der Waals surface area contributed by atoms with Crippen LogP contribution < -0.4 is 4.74 Å². The molecule has 0 unspecified atom stereocenters. The molecule has 18 heavy (non-hydrogen) atoms. The molecule has 2 aliphatic carbocycles. The fraction of sp³-hybridized carbons (Fsp3) is 0.533. The number of phenolic OH excluding ortho intramolecular Hbond substituents is 1. The van der Waals surface area contributed by atoms with Crippen LogP contribution in [0.4, 0.5) is 0 Å². The third-order valence-corrected chi connectivity index (χ3v) is 4.55. The van der Waals surface area contributed by atoms with E-state index in [1.54, 1.807) is 6.07 Å². The Morgan fingerprint density at radius 1 is 1.33 bits per heavy atom. The number of ketones is 1. The Kier molecular flexibility index (Phi) is 2.40. The van der Waals surface area contributed by atoms with Crippen molar-refractivity contribution in [1.29, 1.82) is 0 Å². The second kappa shape index (κ2) is 3.74. The van der Waals surface area contributed by atoms with Crippen molar-refractivity contribution < 1.29 is 14.6 Å². The molecule has 0 heterocycles. The molecule has 3 heteroatoms. The highest BCUT2D eigenvalue weighted by Crippen LogP contribution is 2.51. The van der Waals surface area contributed by atoms with E-state index in [1.807, 2.05) is 0 Å². The summed E-state index contributed by atoms with van der Waals surface area (Å²) >= 11 is 0. The molecule has 0 aliphatic heterocycles. The normalized spacial score (nSPS) is 25.8. The van der Waals surface area contributed by atoms with Gasteiger partial charge in [-0.1, -0.05) is 6.92 Å². The van der Waals surface area contributed by atoms with Gasteiger partial charge in [-0.15, -0.1) is 0 Å². The number of carbonyl (C=O) groups is 1. The Hall–Kier alpha value is -1.51. The Balaban J connectivity index is 2.32. The quantitative estimate of drug-likeness (QED) is 0.828. The fourth-order valence-electron chi connectivity index (χ4n) is 3.56. The summed E-state index contributed by atoms with van der Waals surface area (Å²) in [7, 11) is 1.53. The third-order valence-electron chi connectivity index (χ3n) is 4.55. The van der Waals surface area contributed by atoms with E-state index >= 15 is 0 Å². The molecular formula is C15H18O3. The lowest BCUT2D eigenvalue weighted by Gasteiger charge is -2.25. The molecule has 0 fully saturated rings. The zero-order chi connectivity index (χ0) is 12.9. The van der Waals surface area contributed by atoms with E-state index in [4.69, 9.17) is 4.74 Å². The van der Waals surface area contributed by atoms with E-state index in [0.717, 1.165) is 42.4 Å². The zero-order valence-corrected chi connectivity index (χ0v) is 10.9. The first kappa shape index (κ1) is 11.6. The summed E-state index contributed by atoms with van der Waals surface area (Å²) in [6, 6.07) is 1.73. The Morgan fingerprint density at radius 2 is 2.11 bits per heavy atom. The Morgan fingerprint density at radius 3 is 2.83 bits per heavy atom. The SMILES string of the molecule is COc1cc2c3c(c1O)CC[C@]3(C)CCCC2=O. The summed E-state index contributed by atoms with van der Waals surface area (Å²) < 4.78 is 5.19. The Labute approximate surface area is 107 Å². The molecule has 1 aromatic carbocycles. The average Bonchev–Trinajstić information content (AvgIpc) is 2.63. The van der Waals surface area contributed by atoms with Gasteiger partial charge in [0.2, 0.25) is 0 Å². The molecule has 2 aliphatic rings. The van der Waals surface area contributed by atoms with E-state index in [9.17, 15) is 9.90 Å². The van der Waals surface area contributed by atoms with Gasteiger partial charge in [-0.05, 0) is 42.7 Å². The molecule has 0 spiro atoms. The summed E-state index contributed by atoms with van der Waals surface area (Å²) in [5, 5.41) is 10.2. The fourth-order valence-corrected chi connectivity index (χ4v) is 3.56. The number of methoxy groups -OCH3 is 1. The number of hydrogen-bond acceptors (Lipinski definition) is 3. The molecule has 1 aromatic rings. The number of phenols is 1. The van der Waals surface area contributed by atoms with Gasteiger partial charge in [0.25, 0.3) is 0 Å². The molecule has 0 radical (unpaired) electrons. The highest BCUT2D eigenvalue weighted by molar-refractivity contribution is 5.99. The van der Waals surface area contributed by atoms with Crippen LogP contribution in [0, 0.1) is 0 Å². The van der Waals surface area contributed by atoms with Crippen LogP contribution >= 0.6 is 0 Å². The van der Waals surface area contributed by atoms with Crippen molar-refractivity contribution in [2.75, 3.05) is 7.11 Å². The molecule has 0 bridgehead atoms. The molecule has 3 nitrogen and oxygen atoms in total. The van der Waals surface area contributed by atoms with Crippen LogP contribution in [0.3, 0.4) is 0 Å². The first-order chi connectivity index (χ1) is 8.57. The minimum absolute atomic E-state index is 0.0561. The number of hydrogen-bond donors (Lipinski definition) is 1. The van der Waals surface area contributed by atoms with E-state index in [1.165, 1.54) is 7.11 Å². The number of Topliss-reactive ketones (excluding diaryl/α,β-unsaturated/α-hetero) is 1. The van der Waals surface area contributed by atoms with Crippen molar-refractivity contribution in [3.63, 3.8) is 0 Å². The maximum absolute atomic E-state index is 12.2. The maximum atomic E-state index is 12.2. The first-order valence-corrected chi connectivity index (χ1v) is 6.53. The molecule has 0 amide bonds. The van der Waals surface area contributed by atoms with Crippen LogP contribution in [0.5, 0.6) is 11.5 Å². The van der Waals surface area contributed by atoms with Crippen molar-refractivity contribution in [2.24, 2.45) is 0 Å². The summed E-state index contributed by atoms with van der Waals surface area (Å²) in [5.41, 5.74) is 2.85. The van der Waals surface area contributed by atoms with Gasteiger partial charge in [0.1, 0.15) is 0 Å². The topological polar surface area (TPSA) is 46.5 Å². The summed E-state index contributed by atoms with van der Waals surface area (Å²) in [6.45, 7) is 2.22. The second-order valence-corrected chi connectivity index (χ2v) is 5.67. The first-order valence-electron chi connectivity index (χ1n) is 6.53. The second-order valence-electron chi connectivity index (χ2n) is 5.67. The molecule has 0 aromatic heterocycles. The van der Waals surface area contributed by atoms with Crippen molar-refractivity contribution in [2.45, 2.75) is 44.4 Å². The molecule has 96 valence electrons. The van der Waals surface area contributed by atoms with Gasteiger partial charge in [0, 0.05) is 17.5 Å². The van der Waals surface area contributed by atoms with Crippen LogP contribution in [0.25, 0.3) is 0 Å². The minimum Gasteiger partial charge on any atom is -0.504 e. The van der Waals surface area contributed by atoms with Crippen LogP contribution in [0.15, 0.2) is 6.07 Å². The Bertz CT molecular complexity index is 533. The largest absolute Gasteiger partial charge is 0.504 e. The predicted octanol–water partition coefficient (Wildman–Crippen LogP) is 2.97. The van der Waals surface area contributed by atoms with Crippen LogP contribution in [-0.4, -0.2) is 18.0 Å². The number of rotatable bonds is 1. The number of carbonyl (C=O) groups excluding carboxylic acids is 1. The standard InChI is InChI=1S/C15H18O3/c1-15-6-3-4-11(16)10-8-12(18-2)14(17)9(5-7-15)13(10)15/h8,17H,3-7H2,1-2H3/t15-/m0/s1. The predicted molar refractivity (Wildman–Crippen MR) is 68.5 cm³/mol. The van der Waals surface area contributed by atoms with Crippen molar-refractivity contribution in [3.05, 3.63) is 22.8 Å². The van der Waals surface area contributed by atoms with E-state index in [-0.39, 0.29) is 16.9 Å². The zero-order valence-electron chi connectivity index (χ0n) is 10.9. The van der Waals surface area contributed by atoms with Crippen molar-refractivity contribution in [1.82, 2.24) is 0 Å². The highest BCUT2D eigenvalue weighted by Gasteiger charge is 2.41. The molecule has 1 atom stereocenters. The van der Waals surface area contributed by atoms with Gasteiger partial charge >= 0.3 is 0 Å². The van der Waals surface area contributed by atoms with Gasteiger partial charge in [-0.2, -0.15) is 0 Å². The lowest BCUT2D eigenvalue weighted by atomic mass is 9.79. The van der Waals surface area contributed by atoms with Crippen LogP contribution in [0.1, 0.15) is 54.1 Å². The minimum atomic E-state index is 0.0561. The lowest BCUT2D eigenvalue weighted by molar-refractivity contribution is 0.0981. The summed E-state index contributed by atoms with van der Waals surface area (Å²) in [6.07, 6.45) is 4.44. The van der Waals surface area contributed by atoms with Gasteiger partial charge < -0.3 is 9.84 Å². The molecular weight excluding hydrogens is 228 g/mol.